The second-order valence-electron chi connectivity index (χ2n) is 4.68. The summed E-state index contributed by atoms with van der Waals surface area (Å²) in [7, 11) is 0. The van der Waals surface area contributed by atoms with Crippen molar-refractivity contribution in [2.75, 3.05) is 32.9 Å². The monoisotopic (exact) mass is 289 g/mol. The standard InChI is InChI=1S/C11H19N3O4S/c15-9(7-18-10-6-13-19-14-10)5-12-8-11(16)1-3-17-4-2-11/h6,9,12,15-16H,1-5,7-8H2. The Hall–Kier alpha value is -0.800. The van der Waals surface area contributed by atoms with Crippen LogP contribution in [-0.2, 0) is 4.74 Å². The molecule has 1 atom stereocenters. The summed E-state index contributed by atoms with van der Waals surface area (Å²) in [5.41, 5.74) is -0.725. The Balaban J connectivity index is 1.59. The summed E-state index contributed by atoms with van der Waals surface area (Å²) in [6.07, 6.45) is 2.11. The van der Waals surface area contributed by atoms with Crippen LogP contribution in [0.3, 0.4) is 0 Å². The summed E-state index contributed by atoms with van der Waals surface area (Å²) < 4.78 is 18.1. The van der Waals surface area contributed by atoms with E-state index in [4.69, 9.17) is 9.47 Å². The predicted molar refractivity (Wildman–Crippen MR) is 69.3 cm³/mol. The summed E-state index contributed by atoms with van der Waals surface area (Å²) in [5, 5.41) is 23.0. The quantitative estimate of drug-likeness (QED) is 0.617. The van der Waals surface area contributed by atoms with Gasteiger partial charge < -0.3 is 25.0 Å². The highest BCUT2D eigenvalue weighted by molar-refractivity contribution is 6.99. The number of hydrogen-bond acceptors (Lipinski definition) is 8. The van der Waals surface area contributed by atoms with E-state index in [9.17, 15) is 10.2 Å². The maximum absolute atomic E-state index is 10.2. The van der Waals surface area contributed by atoms with Gasteiger partial charge in [0, 0.05) is 39.1 Å². The second-order valence-corrected chi connectivity index (χ2v) is 5.23. The molecule has 7 nitrogen and oxygen atoms in total. The van der Waals surface area contributed by atoms with E-state index in [0.717, 1.165) is 11.7 Å². The first-order chi connectivity index (χ1) is 9.18. The number of ether oxygens (including phenoxy) is 2. The lowest BCUT2D eigenvalue weighted by Gasteiger charge is -2.32. The normalized spacial score (nSPS) is 20.1. The zero-order valence-corrected chi connectivity index (χ0v) is 11.4. The average molecular weight is 289 g/mol. The van der Waals surface area contributed by atoms with Crippen molar-refractivity contribution < 1.29 is 19.7 Å². The van der Waals surface area contributed by atoms with Crippen LogP contribution < -0.4 is 10.1 Å². The Morgan fingerprint density at radius 3 is 3.00 bits per heavy atom. The third-order valence-electron chi connectivity index (χ3n) is 3.02. The number of rotatable bonds is 7. The lowest BCUT2D eigenvalue weighted by Crippen LogP contribution is -2.47. The van der Waals surface area contributed by atoms with Gasteiger partial charge in [0.05, 0.1) is 17.3 Å². The first kappa shape index (κ1) is 14.6. The van der Waals surface area contributed by atoms with E-state index in [1.165, 1.54) is 6.20 Å². The van der Waals surface area contributed by atoms with Gasteiger partial charge in [0.1, 0.15) is 18.9 Å². The molecule has 108 valence electrons. The van der Waals surface area contributed by atoms with Crippen LogP contribution in [0.4, 0.5) is 0 Å². The van der Waals surface area contributed by atoms with Gasteiger partial charge >= 0.3 is 0 Å². The fourth-order valence-electron chi connectivity index (χ4n) is 1.86. The highest BCUT2D eigenvalue weighted by Crippen LogP contribution is 2.19. The van der Waals surface area contributed by atoms with Crippen LogP contribution in [0.25, 0.3) is 0 Å². The van der Waals surface area contributed by atoms with E-state index < -0.39 is 11.7 Å². The summed E-state index contributed by atoms with van der Waals surface area (Å²) in [6, 6.07) is 0. The van der Waals surface area contributed by atoms with E-state index in [2.05, 4.69) is 14.1 Å². The molecule has 2 heterocycles. The van der Waals surface area contributed by atoms with Gasteiger partial charge in [-0.1, -0.05) is 0 Å². The molecule has 1 saturated heterocycles. The van der Waals surface area contributed by atoms with E-state index in [1.807, 2.05) is 0 Å². The summed E-state index contributed by atoms with van der Waals surface area (Å²) >= 11 is 1.06. The number of aliphatic hydroxyl groups is 2. The molecule has 0 saturated carbocycles. The third kappa shape index (κ3) is 5.00. The molecule has 1 aromatic heterocycles. The van der Waals surface area contributed by atoms with E-state index in [-0.39, 0.29) is 6.61 Å². The molecular formula is C11H19N3O4S. The van der Waals surface area contributed by atoms with Crippen molar-refractivity contribution in [2.24, 2.45) is 0 Å². The number of hydrogen-bond donors (Lipinski definition) is 3. The van der Waals surface area contributed by atoms with Gasteiger partial charge in [-0.05, 0) is 0 Å². The van der Waals surface area contributed by atoms with Crippen molar-refractivity contribution in [3.63, 3.8) is 0 Å². The maximum Gasteiger partial charge on any atom is 0.245 e. The van der Waals surface area contributed by atoms with Crippen molar-refractivity contribution in [2.45, 2.75) is 24.5 Å². The van der Waals surface area contributed by atoms with Gasteiger partial charge in [0.2, 0.25) is 5.88 Å². The molecule has 1 aromatic rings. The molecule has 0 aromatic carbocycles. The number of nitrogens with zero attached hydrogens (tertiary/aromatic N) is 2. The van der Waals surface area contributed by atoms with Crippen LogP contribution in [0, 0.1) is 0 Å². The topological polar surface area (TPSA) is 96.7 Å². The fourth-order valence-corrected chi connectivity index (χ4v) is 2.22. The Morgan fingerprint density at radius 1 is 1.53 bits per heavy atom. The lowest BCUT2D eigenvalue weighted by molar-refractivity contribution is -0.0626. The van der Waals surface area contributed by atoms with Crippen LogP contribution in [-0.4, -0.2) is 63.6 Å². The first-order valence-corrected chi connectivity index (χ1v) is 7.00. The summed E-state index contributed by atoms with van der Waals surface area (Å²) in [5.74, 6) is 0.423. The highest BCUT2D eigenvalue weighted by Gasteiger charge is 2.29. The lowest BCUT2D eigenvalue weighted by atomic mass is 9.94. The SMILES string of the molecule is OC(CNCC1(O)CCOCC1)COc1cnsn1. The minimum atomic E-state index is -0.725. The van der Waals surface area contributed by atoms with Crippen LogP contribution in [0.1, 0.15) is 12.8 Å². The number of nitrogens with one attached hydrogen (secondary N) is 1. The molecule has 0 bridgehead atoms. The predicted octanol–water partition coefficient (Wildman–Crippen LogP) is -0.591. The molecule has 1 aliphatic heterocycles. The third-order valence-corrected chi connectivity index (χ3v) is 3.48. The molecule has 1 unspecified atom stereocenters. The molecule has 8 heteroatoms. The van der Waals surface area contributed by atoms with Crippen molar-refractivity contribution >= 4 is 11.7 Å². The smallest absolute Gasteiger partial charge is 0.245 e. The molecule has 0 aliphatic carbocycles. The largest absolute Gasteiger partial charge is 0.473 e. The minimum Gasteiger partial charge on any atom is -0.473 e. The second kappa shape index (κ2) is 7.11. The van der Waals surface area contributed by atoms with Crippen molar-refractivity contribution in [1.82, 2.24) is 14.1 Å². The zero-order valence-electron chi connectivity index (χ0n) is 10.6. The number of aliphatic hydroxyl groups excluding tert-OH is 1. The Morgan fingerprint density at radius 2 is 2.32 bits per heavy atom. The van der Waals surface area contributed by atoms with Gasteiger partial charge in [-0.25, -0.2) is 0 Å². The summed E-state index contributed by atoms with van der Waals surface area (Å²) in [6.45, 7) is 2.13. The van der Waals surface area contributed by atoms with Crippen molar-refractivity contribution in [3.8, 4) is 5.88 Å². The highest BCUT2D eigenvalue weighted by atomic mass is 32.1. The van der Waals surface area contributed by atoms with Gasteiger partial charge in [0.15, 0.2) is 0 Å². The van der Waals surface area contributed by atoms with E-state index >= 15 is 0 Å². The van der Waals surface area contributed by atoms with Crippen LogP contribution in [0.5, 0.6) is 5.88 Å². The first-order valence-electron chi connectivity index (χ1n) is 6.27. The molecule has 0 amide bonds. The maximum atomic E-state index is 10.2. The molecule has 19 heavy (non-hydrogen) atoms. The Bertz CT molecular complexity index is 357. The van der Waals surface area contributed by atoms with E-state index in [0.29, 0.717) is 45.0 Å². The minimum absolute atomic E-state index is 0.153. The molecule has 0 spiro atoms. The molecule has 1 fully saturated rings. The molecule has 3 N–H and O–H groups in total. The van der Waals surface area contributed by atoms with Gasteiger partial charge in [-0.15, -0.1) is 4.37 Å². The van der Waals surface area contributed by atoms with Gasteiger partial charge in [-0.2, -0.15) is 4.37 Å². The molecular weight excluding hydrogens is 270 g/mol. The van der Waals surface area contributed by atoms with E-state index in [1.54, 1.807) is 0 Å². The van der Waals surface area contributed by atoms with Crippen molar-refractivity contribution in [3.05, 3.63) is 6.20 Å². The summed E-state index contributed by atoms with van der Waals surface area (Å²) in [4.78, 5) is 0. The van der Waals surface area contributed by atoms with Gasteiger partial charge in [0.25, 0.3) is 0 Å². The van der Waals surface area contributed by atoms with Crippen LogP contribution in [0.2, 0.25) is 0 Å². The van der Waals surface area contributed by atoms with Crippen molar-refractivity contribution in [1.29, 1.82) is 0 Å². The van der Waals surface area contributed by atoms with Crippen LogP contribution >= 0.6 is 11.7 Å². The average Bonchev–Trinajstić information content (AvgIpc) is 2.90. The Kier molecular flexibility index (Phi) is 5.46. The van der Waals surface area contributed by atoms with Crippen LogP contribution in [0.15, 0.2) is 6.20 Å². The molecule has 0 radical (unpaired) electrons. The fraction of sp³-hybridized carbons (Fsp3) is 0.818. The van der Waals surface area contributed by atoms with Gasteiger partial charge in [-0.3, -0.25) is 0 Å². The number of aromatic nitrogens is 2. The molecule has 1 aliphatic rings. The molecule has 2 rings (SSSR count). The zero-order chi connectivity index (χ0) is 13.6. The Labute approximate surface area is 115 Å².